The van der Waals surface area contributed by atoms with Crippen LogP contribution >= 0.6 is 90.4 Å². The minimum atomic E-state index is 0.255. The Bertz CT molecular complexity index is 681. The topological polar surface area (TPSA) is 88.0 Å². The lowest BCUT2D eigenvalue weighted by Crippen LogP contribution is -1.82. The van der Waals surface area contributed by atoms with E-state index in [0.29, 0.717) is 25.4 Å². The third-order valence-electron chi connectivity index (χ3n) is 2.29. The molecular formula is C14H6I4N2O2. The Kier molecular flexibility index (Phi) is 8.44. The van der Waals surface area contributed by atoms with Crippen molar-refractivity contribution in [2.24, 2.45) is 0 Å². The van der Waals surface area contributed by atoms with Crippen molar-refractivity contribution in [2.75, 3.05) is 0 Å². The molecule has 0 spiro atoms. The SMILES string of the molecule is N#Cc1cc(I)c(O)c(I)c1.N#Cc1cc(I)c(O)c(I)c1. The first kappa shape index (κ1) is 20.0. The first-order valence-electron chi connectivity index (χ1n) is 5.46. The van der Waals surface area contributed by atoms with Gasteiger partial charge in [0.15, 0.2) is 0 Å². The van der Waals surface area contributed by atoms with Crippen molar-refractivity contribution < 1.29 is 10.2 Å². The molecule has 4 nitrogen and oxygen atoms in total. The van der Waals surface area contributed by atoms with Crippen LogP contribution in [0.4, 0.5) is 0 Å². The Morgan fingerprint density at radius 1 is 0.636 bits per heavy atom. The van der Waals surface area contributed by atoms with E-state index in [1.54, 1.807) is 24.3 Å². The zero-order valence-corrected chi connectivity index (χ0v) is 19.2. The largest absolute Gasteiger partial charge is 0.506 e. The molecule has 0 amide bonds. The molecule has 0 radical (unpaired) electrons. The van der Waals surface area contributed by atoms with Crippen LogP contribution < -0.4 is 0 Å². The van der Waals surface area contributed by atoms with Crippen LogP contribution in [0.15, 0.2) is 24.3 Å². The first-order valence-corrected chi connectivity index (χ1v) is 9.77. The average molecular weight is 742 g/mol. The van der Waals surface area contributed by atoms with Crippen LogP contribution in [-0.2, 0) is 0 Å². The summed E-state index contributed by atoms with van der Waals surface area (Å²) in [5.74, 6) is 0.510. The summed E-state index contributed by atoms with van der Waals surface area (Å²) in [7, 11) is 0. The third kappa shape index (κ3) is 5.54. The lowest BCUT2D eigenvalue weighted by molar-refractivity contribution is 0.467. The van der Waals surface area contributed by atoms with Crippen LogP contribution in [0, 0.1) is 36.9 Å². The number of phenols is 2. The predicted molar refractivity (Wildman–Crippen MR) is 117 cm³/mol. The van der Waals surface area contributed by atoms with Gasteiger partial charge in [-0.1, -0.05) is 0 Å². The number of aromatic hydroxyl groups is 2. The average Bonchev–Trinajstić information content (AvgIpc) is 2.49. The van der Waals surface area contributed by atoms with E-state index in [-0.39, 0.29) is 11.5 Å². The summed E-state index contributed by atoms with van der Waals surface area (Å²) < 4.78 is 2.86. The molecule has 0 heterocycles. The minimum Gasteiger partial charge on any atom is -0.506 e. The van der Waals surface area contributed by atoms with Gasteiger partial charge in [-0.25, -0.2) is 0 Å². The van der Waals surface area contributed by atoms with Crippen molar-refractivity contribution in [2.45, 2.75) is 0 Å². The molecule has 0 aliphatic rings. The maximum absolute atomic E-state index is 9.30. The van der Waals surface area contributed by atoms with E-state index in [1.807, 2.05) is 103 Å². The van der Waals surface area contributed by atoms with Gasteiger partial charge in [-0.05, 0) is 115 Å². The van der Waals surface area contributed by atoms with E-state index in [9.17, 15) is 10.2 Å². The van der Waals surface area contributed by atoms with E-state index in [0.717, 1.165) is 0 Å². The monoisotopic (exact) mass is 742 g/mol. The number of benzene rings is 2. The second-order valence-corrected chi connectivity index (χ2v) is 8.45. The van der Waals surface area contributed by atoms with Gasteiger partial charge in [0, 0.05) is 0 Å². The van der Waals surface area contributed by atoms with E-state index in [1.165, 1.54) is 0 Å². The molecule has 0 bridgehead atoms. The molecule has 8 heteroatoms. The molecule has 2 N–H and O–H groups in total. The Balaban J connectivity index is 0.000000220. The van der Waals surface area contributed by atoms with E-state index in [2.05, 4.69) is 0 Å². The maximum Gasteiger partial charge on any atom is 0.142 e. The van der Waals surface area contributed by atoms with Gasteiger partial charge in [-0.2, -0.15) is 10.5 Å². The molecule has 2 aromatic rings. The standard InChI is InChI=1S/2C7H3I2NO/c2*8-5-1-4(3-10)2-6(9)7(5)11/h2*1-2,11H. The van der Waals surface area contributed by atoms with Crippen LogP contribution in [0.1, 0.15) is 11.1 Å². The quantitative estimate of drug-likeness (QED) is 0.375. The summed E-state index contributed by atoms with van der Waals surface area (Å²) in [6.45, 7) is 0. The lowest BCUT2D eigenvalue weighted by atomic mass is 10.2. The lowest BCUT2D eigenvalue weighted by Gasteiger charge is -1.99. The number of phenolic OH excluding ortho intramolecular Hbond substituents is 2. The molecule has 0 aliphatic carbocycles. The van der Waals surface area contributed by atoms with E-state index in [4.69, 9.17) is 10.5 Å². The molecule has 0 saturated carbocycles. The smallest absolute Gasteiger partial charge is 0.142 e. The summed E-state index contributed by atoms with van der Waals surface area (Å²) in [5.41, 5.74) is 1.16. The summed E-state index contributed by atoms with van der Waals surface area (Å²) >= 11 is 7.97. The highest BCUT2D eigenvalue weighted by atomic mass is 127. The number of rotatable bonds is 0. The van der Waals surface area contributed by atoms with Crippen molar-refractivity contribution in [3.8, 4) is 23.6 Å². The van der Waals surface area contributed by atoms with Gasteiger partial charge in [0.1, 0.15) is 11.5 Å². The summed E-state index contributed by atoms with van der Waals surface area (Å²) in [5, 5.41) is 35.7. The second-order valence-electron chi connectivity index (χ2n) is 3.80. The van der Waals surface area contributed by atoms with E-state index >= 15 is 0 Å². The number of hydrogen-bond donors (Lipinski definition) is 2. The first-order chi connectivity index (χ1) is 10.3. The van der Waals surface area contributed by atoms with Gasteiger partial charge < -0.3 is 10.2 Å². The fourth-order valence-electron chi connectivity index (χ4n) is 1.26. The Labute approximate surface area is 182 Å². The Morgan fingerprint density at radius 2 is 0.864 bits per heavy atom. The third-order valence-corrected chi connectivity index (χ3v) is 5.58. The Hall–Kier alpha value is -0.0600. The predicted octanol–water partition coefficient (Wildman–Crippen LogP) is 4.95. The molecule has 22 heavy (non-hydrogen) atoms. The zero-order valence-electron chi connectivity index (χ0n) is 10.6. The molecule has 112 valence electrons. The van der Waals surface area contributed by atoms with Gasteiger partial charge in [0.2, 0.25) is 0 Å². The van der Waals surface area contributed by atoms with Gasteiger partial charge in [-0.3, -0.25) is 0 Å². The maximum atomic E-state index is 9.30. The molecule has 0 fully saturated rings. The van der Waals surface area contributed by atoms with Crippen molar-refractivity contribution >= 4 is 90.4 Å². The van der Waals surface area contributed by atoms with Gasteiger partial charge in [0.25, 0.3) is 0 Å². The van der Waals surface area contributed by atoms with Crippen LogP contribution in [0.2, 0.25) is 0 Å². The summed E-state index contributed by atoms with van der Waals surface area (Å²) in [6.07, 6.45) is 0. The molecule has 0 aromatic heterocycles. The van der Waals surface area contributed by atoms with Crippen LogP contribution in [0.3, 0.4) is 0 Å². The molecule has 0 saturated heterocycles. The van der Waals surface area contributed by atoms with Crippen molar-refractivity contribution in [3.05, 3.63) is 49.7 Å². The van der Waals surface area contributed by atoms with Crippen molar-refractivity contribution in [3.63, 3.8) is 0 Å². The minimum absolute atomic E-state index is 0.255. The number of halogens is 4. The molecule has 2 rings (SSSR count). The summed E-state index contributed by atoms with van der Waals surface area (Å²) in [4.78, 5) is 0. The highest BCUT2D eigenvalue weighted by Gasteiger charge is 2.05. The van der Waals surface area contributed by atoms with Gasteiger partial charge in [-0.15, -0.1) is 0 Å². The fraction of sp³-hybridized carbons (Fsp3) is 0. The highest BCUT2D eigenvalue weighted by Crippen LogP contribution is 2.27. The van der Waals surface area contributed by atoms with Crippen molar-refractivity contribution in [1.82, 2.24) is 0 Å². The van der Waals surface area contributed by atoms with Crippen molar-refractivity contribution in [1.29, 1.82) is 10.5 Å². The number of nitriles is 2. The summed E-state index contributed by atoms with van der Waals surface area (Å²) in [6, 6.07) is 10.6. The molecule has 0 aliphatic heterocycles. The van der Waals surface area contributed by atoms with Crippen LogP contribution in [0.25, 0.3) is 0 Å². The molecule has 0 unspecified atom stereocenters. The van der Waals surface area contributed by atoms with Gasteiger partial charge in [0.05, 0.1) is 37.5 Å². The number of hydrogen-bond acceptors (Lipinski definition) is 4. The van der Waals surface area contributed by atoms with Crippen LogP contribution in [0.5, 0.6) is 11.5 Å². The Morgan fingerprint density at radius 3 is 1.05 bits per heavy atom. The highest BCUT2D eigenvalue weighted by molar-refractivity contribution is 14.1. The fourth-order valence-corrected chi connectivity index (χ4v) is 4.80. The zero-order chi connectivity index (χ0) is 16.9. The molecular weight excluding hydrogens is 736 g/mol. The van der Waals surface area contributed by atoms with Crippen LogP contribution in [-0.4, -0.2) is 10.2 Å². The second kappa shape index (κ2) is 9.29. The van der Waals surface area contributed by atoms with Gasteiger partial charge >= 0.3 is 0 Å². The molecule has 0 atom stereocenters. The molecule has 2 aromatic carbocycles. The number of nitrogens with zero attached hydrogens (tertiary/aromatic N) is 2. The normalized spacial score (nSPS) is 9.18. The van der Waals surface area contributed by atoms with E-state index < -0.39 is 0 Å².